The highest BCUT2D eigenvalue weighted by Gasteiger charge is 2.34. The molecule has 1 N–H and O–H groups in total. The van der Waals surface area contributed by atoms with E-state index in [-0.39, 0.29) is 21.2 Å². The van der Waals surface area contributed by atoms with Gasteiger partial charge >= 0.3 is 5.97 Å². The minimum absolute atomic E-state index is 0.0692. The van der Waals surface area contributed by atoms with Crippen LogP contribution in [0.1, 0.15) is 36.0 Å². The Morgan fingerprint density at radius 1 is 1.35 bits per heavy atom. The molecular weight excluding hydrogens is 304 g/mol. The summed E-state index contributed by atoms with van der Waals surface area (Å²) in [5.41, 5.74) is -0.239. The Morgan fingerprint density at radius 3 is 2.45 bits per heavy atom. The molecule has 1 aliphatic carbocycles. The molecule has 7 heteroatoms. The summed E-state index contributed by atoms with van der Waals surface area (Å²) in [6, 6.07) is 2.46. The summed E-state index contributed by atoms with van der Waals surface area (Å²) in [7, 11) is -2.38. The van der Waals surface area contributed by atoms with Gasteiger partial charge in [-0.2, -0.15) is 0 Å². The van der Waals surface area contributed by atoms with Gasteiger partial charge in [-0.3, -0.25) is 0 Å². The van der Waals surface area contributed by atoms with Crippen LogP contribution in [0.3, 0.4) is 0 Å². The van der Waals surface area contributed by atoms with Crippen molar-refractivity contribution in [2.24, 2.45) is 0 Å². The van der Waals surface area contributed by atoms with Crippen LogP contribution in [0.25, 0.3) is 0 Å². The van der Waals surface area contributed by atoms with Crippen molar-refractivity contribution >= 4 is 27.4 Å². The Kier molecular flexibility index (Phi) is 4.25. The highest BCUT2D eigenvalue weighted by Crippen LogP contribution is 2.37. The maximum atomic E-state index is 12.6. The van der Waals surface area contributed by atoms with Crippen molar-refractivity contribution in [2.45, 2.75) is 35.8 Å². The molecule has 1 saturated carbocycles. The fraction of sp³-hybridized carbons (Fsp3) is 0.462. The number of carboxylic acid groups (broad SMARTS) is 1. The van der Waals surface area contributed by atoms with Crippen LogP contribution in [0, 0.1) is 0 Å². The second-order valence-corrected chi connectivity index (χ2v) is 7.37. The monoisotopic (exact) mass is 318 g/mol. The minimum atomic E-state index is -3.63. The Bertz CT molecular complexity index is 632. The first-order valence-corrected chi connectivity index (χ1v) is 8.15. The molecule has 1 aromatic carbocycles. The number of carbonyl (C=O) groups is 1. The number of hydrogen-bond donors (Lipinski definition) is 1. The topological polar surface area (TPSA) is 80.7 Å². The van der Waals surface area contributed by atoms with Crippen molar-refractivity contribution in [1.82, 2.24) is 0 Å². The van der Waals surface area contributed by atoms with E-state index in [0.717, 1.165) is 12.8 Å². The summed E-state index contributed by atoms with van der Waals surface area (Å²) < 4.78 is 30.2. The number of rotatable bonds is 4. The largest absolute Gasteiger partial charge is 0.494 e. The van der Waals surface area contributed by atoms with Gasteiger partial charge in [0.05, 0.1) is 12.4 Å². The van der Waals surface area contributed by atoms with Crippen molar-refractivity contribution in [3.05, 3.63) is 22.7 Å². The van der Waals surface area contributed by atoms with E-state index in [4.69, 9.17) is 21.4 Å². The van der Waals surface area contributed by atoms with Gasteiger partial charge in [-0.15, -0.1) is 0 Å². The van der Waals surface area contributed by atoms with Gasteiger partial charge in [-0.05, 0) is 25.0 Å². The Hall–Kier alpha value is -1.27. The lowest BCUT2D eigenvalue weighted by Crippen LogP contribution is -2.19. The molecule has 2 rings (SSSR count). The van der Waals surface area contributed by atoms with Gasteiger partial charge < -0.3 is 9.84 Å². The van der Waals surface area contributed by atoms with E-state index in [1.54, 1.807) is 0 Å². The third kappa shape index (κ3) is 2.62. The molecule has 0 unspecified atom stereocenters. The lowest BCUT2D eigenvalue weighted by atomic mass is 10.2. The number of hydrogen-bond acceptors (Lipinski definition) is 4. The Balaban J connectivity index is 2.64. The third-order valence-electron chi connectivity index (χ3n) is 3.50. The first-order chi connectivity index (χ1) is 9.37. The van der Waals surface area contributed by atoms with Gasteiger partial charge in [0.25, 0.3) is 0 Å². The van der Waals surface area contributed by atoms with Crippen molar-refractivity contribution in [2.75, 3.05) is 7.11 Å². The molecule has 0 aliphatic heterocycles. The molecule has 0 radical (unpaired) electrons. The highest BCUT2D eigenvalue weighted by atomic mass is 35.5. The number of aromatic carboxylic acids is 1. The molecule has 0 aromatic heterocycles. The number of benzene rings is 1. The molecule has 1 fully saturated rings. The van der Waals surface area contributed by atoms with E-state index < -0.39 is 21.1 Å². The molecule has 110 valence electrons. The molecule has 1 aromatic rings. The summed E-state index contributed by atoms with van der Waals surface area (Å²) in [5.74, 6) is -1.42. The first kappa shape index (κ1) is 15.1. The van der Waals surface area contributed by atoms with Gasteiger partial charge in [0.15, 0.2) is 15.6 Å². The van der Waals surface area contributed by atoms with Crippen LogP contribution in [0.5, 0.6) is 5.75 Å². The van der Waals surface area contributed by atoms with Crippen LogP contribution >= 0.6 is 11.6 Å². The number of sulfone groups is 1. The van der Waals surface area contributed by atoms with Crippen molar-refractivity contribution in [1.29, 1.82) is 0 Å². The highest BCUT2D eigenvalue weighted by molar-refractivity contribution is 7.92. The van der Waals surface area contributed by atoms with E-state index in [1.165, 1.54) is 19.2 Å². The minimum Gasteiger partial charge on any atom is -0.494 e. The second kappa shape index (κ2) is 5.61. The average molecular weight is 319 g/mol. The molecule has 1 aliphatic rings. The number of ether oxygens (including phenoxy) is 1. The number of methoxy groups -OCH3 is 1. The van der Waals surface area contributed by atoms with Crippen LogP contribution < -0.4 is 4.74 Å². The summed E-state index contributed by atoms with van der Waals surface area (Å²) in [6.07, 6.45) is 2.89. The number of carboxylic acids is 1. The molecule has 0 atom stereocenters. The number of halogens is 1. The van der Waals surface area contributed by atoms with Gasteiger partial charge in [0, 0.05) is 5.02 Å². The van der Waals surface area contributed by atoms with Crippen LogP contribution in [0.2, 0.25) is 5.02 Å². The summed E-state index contributed by atoms with van der Waals surface area (Å²) in [4.78, 5) is 11.1. The van der Waals surface area contributed by atoms with E-state index >= 15 is 0 Å². The average Bonchev–Trinajstić information content (AvgIpc) is 2.92. The third-order valence-corrected chi connectivity index (χ3v) is 5.99. The second-order valence-electron chi connectivity index (χ2n) is 4.74. The van der Waals surface area contributed by atoms with Gasteiger partial charge in [-0.25, -0.2) is 13.2 Å². The van der Waals surface area contributed by atoms with Crippen molar-refractivity contribution < 1.29 is 23.1 Å². The van der Waals surface area contributed by atoms with Gasteiger partial charge in [0.2, 0.25) is 0 Å². The van der Waals surface area contributed by atoms with Crippen LogP contribution in [-0.4, -0.2) is 31.9 Å². The van der Waals surface area contributed by atoms with E-state index in [9.17, 15) is 13.2 Å². The lowest BCUT2D eigenvalue weighted by Gasteiger charge is -2.16. The maximum Gasteiger partial charge on any atom is 0.339 e. The molecule has 0 amide bonds. The Morgan fingerprint density at radius 2 is 1.95 bits per heavy atom. The van der Waals surface area contributed by atoms with Gasteiger partial charge in [-0.1, -0.05) is 24.4 Å². The predicted molar refractivity (Wildman–Crippen MR) is 74.4 cm³/mol. The molecule has 0 heterocycles. The zero-order valence-corrected chi connectivity index (χ0v) is 12.5. The zero-order valence-electron chi connectivity index (χ0n) is 10.9. The molecule has 0 bridgehead atoms. The summed E-state index contributed by atoms with van der Waals surface area (Å²) in [6.45, 7) is 0. The van der Waals surface area contributed by atoms with E-state index in [1.807, 2.05) is 0 Å². The fourth-order valence-corrected chi connectivity index (χ4v) is 4.87. The van der Waals surface area contributed by atoms with E-state index in [0.29, 0.717) is 12.8 Å². The van der Waals surface area contributed by atoms with Crippen LogP contribution in [0.15, 0.2) is 17.0 Å². The zero-order chi connectivity index (χ0) is 14.9. The normalized spacial score (nSPS) is 16.3. The van der Waals surface area contributed by atoms with Crippen LogP contribution in [0.4, 0.5) is 0 Å². The molecule has 0 saturated heterocycles. The molecule has 5 nitrogen and oxygen atoms in total. The smallest absolute Gasteiger partial charge is 0.339 e. The first-order valence-electron chi connectivity index (χ1n) is 6.22. The fourth-order valence-electron chi connectivity index (χ4n) is 2.53. The Labute approximate surface area is 122 Å². The lowest BCUT2D eigenvalue weighted by molar-refractivity contribution is 0.0693. The SMILES string of the molecule is COc1c(C(=O)O)cc(Cl)cc1S(=O)(=O)C1CCCC1. The molecule has 0 spiro atoms. The summed E-state index contributed by atoms with van der Waals surface area (Å²) in [5, 5.41) is 8.72. The van der Waals surface area contributed by atoms with E-state index in [2.05, 4.69) is 0 Å². The standard InChI is InChI=1S/C13H15ClO5S/c1-19-12-10(13(15)16)6-8(14)7-11(12)20(17,18)9-4-2-3-5-9/h6-7,9H,2-5H2,1H3,(H,15,16). The van der Waals surface area contributed by atoms with Crippen molar-refractivity contribution in [3.8, 4) is 5.75 Å². The predicted octanol–water partition coefficient (Wildman–Crippen LogP) is 2.76. The summed E-state index contributed by atoms with van der Waals surface area (Å²) >= 11 is 5.85. The quantitative estimate of drug-likeness (QED) is 0.923. The van der Waals surface area contributed by atoms with Crippen LogP contribution in [-0.2, 0) is 9.84 Å². The van der Waals surface area contributed by atoms with Crippen molar-refractivity contribution in [3.63, 3.8) is 0 Å². The van der Waals surface area contributed by atoms with Gasteiger partial charge in [0.1, 0.15) is 10.5 Å². The molecular formula is C13H15ClO5S. The molecule has 20 heavy (non-hydrogen) atoms. The maximum absolute atomic E-state index is 12.6.